The number of aromatic nitrogens is 1. The Kier molecular flexibility index (Phi) is 4.59. The van der Waals surface area contributed by atoms with E-state index in [0.717, 1.165) is 28.4 Å². The molecule has 0 aromatic carbocycles. The van der Waals surface area contributed by atoms with Crippen molar-refractivity contribution in [2.75, 3.05) is 13.0 Å². The molecule has 0 aliphatic heterocycles. The average molecular weight is 249 g/mol. The number of nitrogen functional groups attached to an aromatic ring is 1. The molecule has 1 aromatic heterocycles. The van der Waals surface area contributed by atoms with E-state index < -0.39 is 0 Å². The lowest BCUT2D eigenvalue weighted by molar-refractivity contribution is 0.412. The number of hydrogen-bond donors (Lipinski definition) is 1. The third-order valence-electron chi connectivity index (χ3n) is 2.96. The summed E-state index contributed by atoms with van der Waals surface area (Å²) in [5.41, 5.74) is 3.92. The van der Waals surface area contributed by atoms with Gasteiger partial charge in [0.1, 0.15) is 5.75 Å². The fourth-order valence-electron chi connectivity index (χ4n) is 1.84. The standard InChI is InChI=1S/C14H23N3O/c1-7-10(4)16-13(9(2)3)14-11(5)12(18-6)8-17(14)15/h7-9H,15H2,1-6H3/b10-7-,16-13?. The molecule has 0 aliphatic carbocycles. The van der Waals surface area contributed by atoms with Crippen molar-refractivity contribution < 1.29 is 4.74 Å². The Bertz CT molecular complexity index is 481. The van der Waals surface area contributed by atoms with Crippen molar-refractivity contribution in [3.05, 3.63) is 29.2 Å². The second kappa shape index (κ2) is 5.76. The molecule has 0 atom stereocenters. The number of nitrogens with zero attached hydrogens (tertiary/aromatic N) is 2. The first kappa shape index (κ1) is 14.4. The van der Waals surface area contributed by atoms with Crippen LogP contribution in [0.15, 0.2) is 23.0 Å². The lowest BCUT2D eigenvalue weighted by Crippen LogP contribution is -2.20. The highest BCUT2D eigenvalue weighted by Crippen LogP contribution is 2.25. The third kappa shape index (κ3) is 2.75. The van der Waals surface area contributed by atoms with E-state index in [4.69, 9.17) is 10.6 Å². The molecular weight excluding hydrogens is 226 g/mol. The Hall–Kier alpha value is -1.71. The topological polar surface area (TPSA) is 52.5 Å². The van der Waals surface area contributed by atoms with Crippen molar-refractivity contribution in [3.8, 4) is 5.75 Å². The molecular formula is C14H23N3O. The summed E-state index contributed by atoms with van der Waals surface area (Å²) >= 11 is 0. The highest BCUT2D eigenvalue weighted by atomic mass is 16.5. The predicted molar refractivity (Wildman–Crippen MR) is 76.7 cm³/mol. The smallest absolute Gasteiger partial charge is 0.142 e. The maximum absolute atomic E-state index is 6.01. The Morgan fingerprint density at radius 3 is 2.50 bits per heavy atom. The predicted octanol–water partition coefficient (Wildman–Crippen LogP) is 2.89. The Balaban J connectivity index is 3.40. The minimum Gasteiger partial charge on any atom is -0.495 e. The molecule has 1 heterocycles. The Morgan fingerprint density at radius 2 is 2.11 bits per heavy atom. The summed E-state index contributed by atoms with van der Waals surface area (Å²) in [6, 6.07) is 0. The second-order valence-electron chi connectivity index (χ2n) is 4.66. The van der Waals surface area contributed by atoms with Gasteiger partial charge in [0, 0.05) is 11.3 Å². The van der Waals surface area contributed by atoms with E-state index >= 15 is 0 Å². The molecule has 0 amide bonds. The summed E-state index contributed by atoms with van der Waals surface area (Å²) in [7, 11) is 1.65. The molecule has 0 unspecified atom stereocenters. The largest absolute Gasteiger partial charge is 0.495 e. The summed E-state index contributed by atoms with van der Waals surface area (Å²) in [6.45, 7) is 10.2. The van der Waals surface area contributed by atoms with E-state index in [1.807, 2.05) is 26.8 Å². The van der Waals surface area contributed by atoms with Crippen LogP contribution in [0.4, 0.5) is 0 Å². The summed E-state index contributed by atoms with van der Waals surface area (Å²) in [4.78, 5) is 4.66. The molecule has 0 bridgehead atoms. The monoisotopic (exact) mass is 249 g/mol. The van der Waals surface area contributed by atoms with Gasteiger partial charge in [0.2, 0.25) is 0 Å². The van der Waals surface area contributed by atoms with E-state index in [0.29, 0.717) is 5.92 Å². The molecule has 18 heavy (non-hydrogen) atoms. The van der Waals surface area contributed by atoms with Gasteiger partial charge in [0.25, 0.3) is 0 Å². The molecule has 0 spiro atoms. The molecule has 2 N–H and O–H groups in total. The number of rotatable bonds is 4. The van der Waals surface area contributed by atoms with Gasteiger partial charge in [-0.1, -0.05) is 19.9 Å². The molecule has 4 heteroatoms. The molecule has 4 nitrogen and oxygen atoms in total. The van der Waals surface area contributed by atoms with Crippen molar-refractivity contribution in [1.82, 2.24) is 4.68 Å². The fraction of sp³-hybridized carbons (Fsp3) is 0.500. The van der Waals surface area contributed by atoms with Gasteiger partial charge < -0.3 is 10.6 Å². The molecule has 1 aromatic rings. The fourth-order valence-corrected chi connectivity index (χ4v) is 1.84. The first-order chi connectivity index (χ1) is 8.42. The van der Waals surface area contributed by atoms with E-state index in [9.17, 15) is 0 Å². The molecule has 0 saturated carbocycles. The van der Waals surface area contributed by atoms with Gasteiger partial charge in [-0.3, -0.25) is 9.67 Å². The van der Waals surface area contributed by atoms with Crippen LogP contribution < -0.4 is 10.6 Å². The van der Waals surface area contributed by atoms with Crippen LogP contribution in [0.5, 0.6) is 5.75 Å². The maximum atomic E-state index is 6.01. The van der Waals surface area contributed by atoms with E-state index in [2.05, 4.69) is 18.8 Å². The molecule has 0 saturated heterocycles. The zero-order chi connectivity index (χ0) is 13.9. The van der Waals surface area contributed by atoms with Gasteiger partial charge in [-0.05, 0) is 26.7 Å². The van der Waals surface area contributed by atoms with Gasteiger partial charge in [-0.15, -0.1) is 0 Å². The van der Waals surface area contributed by atoms with Gasteiger partial charge >= 0.3 is 0 Å². The van der Waals surface area contributed by atoms with Crippen LogP contribution in [0.1, 0.15) is 39.0 Å². The summed E-state index contributed by atoms with van der Waals surface area (Å²) in [5.74, 6) is 7.09. The van der Waals surface area contributed by atoms with Gasteiger partial charge in [-0.2, -0.15) is 0 Å². The van der Waals surface area contributed by atoms with Crippen LogP contribution in [-0.4, -0.2) is 17.5 Å². The number of nitrogens with two attached hydrogens (primary N) is 1. The third-order valence-corrected chi connectivity index (χ3v) is 2.96. The summed E-state index contributed by atoms with van der Waals surface area (Å²) < 4.78 is 6.89. The summed E-state index contributed by atoms with van der Waals surface area (Å²) in [5, 5.41) is 0. The number of aliphatic imine (C=N–C) groups is 1. The maximum Gasteiger partial charge on any atom is 0.142 e. The van der Waals surface area contributed by atoms with Crippen LogP contribution in [0.3, 0.4) is 0 Å². The number of methoxy groups -OCH3 is 1. The lowest BCUT2D eigenvalue weighted by Gasteiger charge is -2.13. The number of allylic oxidation sites excluding steroid dienone is 2. The van der Waals surface area contributed by atoms with Crippen molar-refractivity contribution in [2.45, 2.75) is 34.6 Å². The number of hydrogen-bond acceptors (Lipinski definition) is 3. The number of ether oxygens (including phenoxy) is 1. The van der Waals surface area contributed by atoms with Crippen LogP contribution in [0.25, 0.3) is 0 Å². The van der Waals surface area contributed by atoms with Crippen molar-refractivity contribution in [1.29, 1.82) is 0 Å². The molecule has 0 radical (unpaired) electrons. The quantitative estimate of drug-likeness (QED) is 0.659. The van der Waals surface area contributed by atoms with E-state index in [-0.39, 0.29) is 0 Å². The average Bonchev–Trinajstić information content (AvgIpc) is 2.61. The zero-order valence-electron chi connectivity index (χ0n) is 12.1. The first-order valence-electron chi connectivity index (χ1n) is 6.15. The zero-order valence-corrected chi connectivity index (χ0v) is 12.1. The van der Waals surface area contributed by atoms with E-state index in [1.165, 1.54) is 0 Å². The lowest BCUT2D eigenvalue weighted by atomic mass is 10.0. The minimum absolute atomic E-state index is 0.292. The van der Waals surface area contributed by atoms with Crippen LogP contribution in [-0.2, 0) is 0 Å². The van der Waals surface area contributed by atoms with Crippen LogP contribution in [0, 0.1) is 12.8 Å². The highest BCUT2D eigenvalue weighted by Gasteiger charge is 2.19. The second-order valence-corrected chi connectivity index (χ2v) is 4.66. The first-order valence-corrected chi connectivity index (χ1v) is 6.15. The highest BCUT2D eigenvalue weighted by molar-refractivity contribution is 6.03. The summed E-state index contributed by atoms with van der Waals surface area (Å²) in [6.07, 6.45) is 3.77. The minimum atomic E-state index is 0.292. The van der Waals surface area contributed by atoms with Crippen molar-refractivity contribution in [3.63, 3.8) is 0 Å². The normalized spacial score (nSPS) is 13.3. The molecule has 0 aliphatic rings. The van der Waals surface area contributed by atoms with Gasteiger partial charge in [0.05, 0.1) is 24.7 Å². The van der Waals surface area contributed by atoms with Crippen molar-refractivity contribution >= 4 is 5.71 Å². The SMILES string of the molecule is C/C=C(/C)N=C(c1c(C)c(OC)cn1N)C(C)C. The molecule has 100 valence electrons. The molecule has 0 fully saturated rings. The van der Waals surface area contributed by atoms with Gasteiger partial charge in [0.15, 0.2) is 0 Å². The Morgan fingerprint density at radius 1 is 1.50 bits per heavy atom. The molecule has 1 rings (SSSR count). The Labute approximate surface area is 109 Å². The van der Waals surface area contributed by atoms with Gasteiger partial charge in [-0.25, -0.2) is 0 Å². The van der Waals surface area contributed by atoms with Crippen LogP contribution in [0.2, 0.25) is 0 Å². The van der Waals surface area contributed by atoms with E-state index in [1.54, 1.807) is 18.0 Å². The van der Waals surface area contributed by atoms with Crippen LogP contribution >= 0.6 is 0 Å². The van der Waals surface area contributed by atoms with Crippen molar-refractivity contribution in [2.24, 2.45) is 10.9 Å².